The Morgan fingerprint density at radius 3 is 3.00 bits per heavy atom. The maximum atomic E-state index is 6.04. The van der Waals surface area contributed by atoms with E-state index in [9.17, 15) is 0 Å². The van der Waals surface area contributed by atoms with E-state index in [2.05, 4.69) is 28.4 Å². The molecule has 0 fully saturated rings. The van der Waals surface area contributed by atoms with Gasteiger partial charge in [-0.1, -0.05) is 12.1 Å². The number of nitrogens with zero attached hydrogens (tertiary/aromatic N) is 2. The van der Waals surface area contributed by atoms with Crippen LogP contribution in [0.5, 0.6) is 11.6 Å². The number of thiazole rings is 1. The van der Waals surface area contributed by atoms with E-state index < -0.39 is 0 Å². The highest BCUT2D eigenvalue weighted by Crippen LogP contribution is 2.30. The number of ether oxygens (including phenoxy) is 1. The standard InChI is InChI=1S/C15H17N3OS/c1-10-3-4-11(2)13(9-10)19-14-12(5-6-16)18-7-8-20-15(18)17-14/h3-4,7-9H,5-6,16H2,1-2H3. The lowest BCUT2D eigenvalue weighted by molar-refractivity contribution is 0.455. The van der Waals surface area contributed by atoms with Gasteiger partial charge in [0.25, 0.3) is 0 Å². The van der Waals surface area contributed by atoms with Crippen molar-refractivity contribution in [1.82, 2.24) is 9.38 Å². The molecule has 0 unspecified atom stereocenters. The van der Waals surface area contributed by atoms with Crippen LogP contribution in [-0.2, 0) is 6.42 Å². The molecule has 0 amide bonds. The summed E-state index contributed by atoms with van der Waals surface area (Å²) in [6.45, 7) is 4.67. The maximum absolute atomic E-state index is 6.04. The van der Waals surface area contributed by atoms with Crippen LogP contribution in [0.25, 0.3) is 4.96 Å². The Morgan fingerprint density at radius 2 is 2.20 bits per heavy atom. The number of benzene rings is 1. The molecule has 3 aromatic rings. The van der Waals surface area contributed by atoms with Gasteiger partial charge in [0.2, 0.25) is 5.88 Å². The molecule has 3 rings (SSSR count). The molecule has 20 heavy (non-hydrogen) atoms. The predicted octanol–water partition coefficient (Wildman–Crippen LogP) is 3.31. The predicted molar refractivity (Wildman–Crippen MR) is 81.8 cm³/mol. The average molecular weight is 287 g/mol. The minimum absolute atomic E-state index is 0.576. The fraction of sp³-hybridized carbons (Fsp3) is 0.267. The van der Waals surface area contributed by atoms with E-state index in [0.29, 0.717) is 12.4 Å². The van der Waals surface area contributed by atoms with E-state index in [0.717, 1.165) is 28.4 Å². The Kier molecular flexibility index (Phi) is 3.46. The Labute approximate surface area is 121 Å². The summed E-state index contributed by atoms with van der Waals surface area (Å²) in [5.41, 5.74) is 9.01. The minimum atomic E-state index is 0.576. The summed E-state index contributed by atoms with van der Waals surface area (Å²) >= 11 is 1.60. The quantitative estimate of drug-likeness (QED) is 0.801. The number of rotatable bonds is 4. The Bertz CT molecular complexity index is 745. The molecular weight excluding hydrogens is 270 g/mol. The molecule has 2 aromatic heterocycles. The Morgan fingerprint density at radius 1 is 1.35 bits per heavy atom. The van der Waals surface area contributed by atoms with Gasteiger partial charge in [0.15, 0.2) is 4.96 Å². The van der Waals surface area contributed by atoms with Crippen LogP contribution in [0.15, 0.2) is 29.8 Å². The summed E-state index contributed by atoms with van der Waals surface area (Å²) in [4.78, 5) is 5.50. The van der Waals surface area contributed by atoms with Crippen molar-refractivity contribution in [2.24, 2.45) is 5.73 Å². The van der Waals surface area contributed by atoms with Crippen LogP contribution in [0, 0.1) is 13.8 Å². The molecule has 1 aromatic carbocycles. The Balaban J connectivity index is 2.03. The fourth-order valence-electron chi connectivity index (χ4n) is 2.18. The third kappa shape index (κ3) is 2.30. The molecule has 0 aliphatic rings. The molecular formula is C15H17N3OS. The summed E-state index contributed by atoms with van der Waals surface area (Å²) in [7, 11) is 0. The second-order valence-electron chi connectivity index (χ2n) is 4.83. The van der Waals surface area contributed by atoms with Crippen LogP contribution in [0.1, 0.15) is 16.8 Å². The van der Waals surface area contributed by atoms with Crippen molar-refractivity contribution in [2.45, 2.75) is 20.3 Å². The molecule has 0 aliphatic heterocycles. The minimum Gasteiger partial charge on any atom is -0.437 e. The number of hydrogen-bond acceptors (Lipinski definition) is 4. The number of hydrogen-bond donors (Lipinski definition) is 1. The normalized spacial score (nSPS) is 11.2. The summed E-state index contributed by atoms with van der Waals surface area (Å²) in [6, 6.07) is 6.18. The summed E-state index contributed by atoms with van der Waals surface area (Å²) in [5.74, 6) is 1.52. The van der Waals surface area contributed by atoms with Gasteiger partial charge in [0.1, 0.15) is 5.75 Å². The largest absolute Gasteiger partial charge is 0.437 e. The molecule has 0 bridgehead atoms. The number of aryl methyl sites for hydroxylation is 2. The molecule has 0 saturated carbocycles. The summed E-state index contributed by atoms with van der Waals surface area (Å²) in [6.07, 6.45) is 2.76. The van der Waals surface area contributed by atoms with E-state index in [4.69, 9.17) is 10.5 Å². The van der Waals surface area contributed by atoms with Crippen molar-refractivity contribution in [3.8, 4) is 11.6 Å². The van der Waals surface area contributed by atoms with Gasteiger partial charge in [-0.3, -0.25) is 4.40 Å². The first-order valence-electron chi connectivity index (χ1n) is 6.58. The molecule has 0 atom stereocenters. The molecule has 0 spiro atoms. The zero-order valence-electron chi connectivity index (χ0n) is 11.6. The number of aromatic nitrogens is 2. The van der Waals surface area contributed by atoms with Crippen LogP contribution >= 0.6 is 11.3 Å². The lowest BCUT2D eigenvalue weighted by Crippen LogP contribution is -2.06. The van der Waals surface area contributed by atoms with Crippen LogP contribution in [0.3, 0.4) is 0 Å². The number of nitrogens with two attached hydrogens (primary N) is 1. The SMILES string of the molecule is Cc1ccc(C)c(Oc2nc3sccn3c2CCN)c1. The van der Waals surface area contributed by atoms with Crippen molar-refractivity contribution in [1.29, 1.82) is 0 Å². The van der Waals surface area contributed by atoms with Gasteiger partial charge >= 0.3 is 0 Å². The monoisotopic (exact) mass is 287 g/mol. The van der Waals surface area contributed by atoms with Gasteiger partial charge in [-0.15, -0.1) is 11.3 Å². The molecule has 2 N–H and O–H groups in total. The molecule has 0 radical (unpaired) electrons. The molecule has 104 valence electrons. The van der Waals surface area contributed by atoms with E-state index >= 15 is 0 Å². The lowest BCUT2D eigenvalue weighted by atomic mass is 10.1. The van der Waals surface area contributed by atoms with Gasteiger partial charge in [0.05, 0.1) is 5.69 Å². The third-order valence-electron chi connectivity index (χ3n) is 3.26. The van der Waals surface area contributed by atoms with Crippen LogP contribution < -0.4 is 10.5 Å². The summed E-state index contributed by atoms with van der Waals surface area (Å²) in [5, 5.41) is 2.02. The zero-order chi connectivity index (χ0) is 14.1. The number of fused-ring (bicyclic) bond motifs is 1. The van der Waals surface area contributed by atoms with Crippen molar-refractivity contribution in [3.05, 3.63) is 46.6 Å². The maximum Gasteiger partial charge on any atom is 0.242 e. The van der Waals surface area contributed by atoms with Crippen LogP contribution in [-0.4, -0.2) is 15.9 Å². The highest BCUT2D eigenvalue weighted by atomic mass is 32.1. The smallest absolute Gasteiger partial charge is 0.242 e. The third-order valence-corrected chi connectivity index (χ3v) is 4.01. The van der Waals surface area contributed by atoms with Crippen LogP contribution in [0.4, 0.5) is 0 Å². The summed E-state index contributed by atoms with van der Waals surface area (Å²) < 4.78 is 8.09. The van der Waals surface area contributed by atoms with E-state index in [-0.39, 0.29) is 0 Å². The Hall–Kier alpha value is -1.85. The second kappa shape index (κ2) is 5.26. The van der Waals surface area contributed by atoms with Crippen molar-refractivity contribution < 1.29 is 4.74 Å². The molecule has 4 nitrogen and oxygen atoms in total. The molecule has 2 heterocycles. The van der Waals surface area contributed by atoms with E-state index in [1.807, 2.05) is 24.6 Å². The zero-order valence-corrected chi connectivity index (χ0v) is 12.4. The molecule has 0 aliphatic carbocycles. The second-order valence-corrected chi connectivity index (χ2v) is 5.70. The van der Waals surface area contributed by atoms with Gasteiger partial charge in [0, 0.05) is 18.0 Å². The average Bonchev–Trinajstić information content (AvgIpc) is 2.98. The number of imidazole rings is 1. The first-order valence-corrected chi connectivity index (χ1v) is 7.46. The van der Waals surface area contributed by atoms with Crippen molar-refractivity contribution in [2.75, 3.05) is 6.54 Å². The lowest BCUT2D eigenvalue weighted by Gasteiger charge is -2.09. The van der Waals surface area contributed by atoms with Gasteiger partial charge in [-0.2, -0.15) is 4.98 Å². The molecule has 0 saturated heterocycles. The molecule has 5 heteroatoms. The fourth-order valence-corrected chi connectivity index (χ4v) is 2.90. The van der Waals surface area contributed by atoms with Crippen LogP contribution in [0.2, 0.25) is 0 Å². The van der Waals surface area contributed by atoms with Gasteiger partial charge < -0.3 is 10.5 Å². The van der Waals surface area contributed by atoms with E-state index in [1.54, 1.807) is 11.3 Å². The van der Waals surface area contributed by atoms with Gasteiger partial charge in [-0.05, 0) is 37.6 Å². The first kappa shape index (κ1) is 13.1. The van der Waals surface area contributed by atoms with Gasteiger partial charge in [-0.25, -0.2) is 0 Å². The van der Waals surface area contributed by atoms with Crippen molar-refractivity contribution >= 4 is 16.3 Å². The van der Waals surface area contributed by atoms with Crippen molar-refractivity contribution in [3.63, 3.8) is 0 Å². The van der Waals surface area contributed by atoms with E-state index in [1.165, 1.54) is 5.56 Å². The highest BCUT2D eigenvalue weighted by Gasteiger charge is 2.15. The topological polar surface area (TPSA) is 52.5 Å². The highest BCUT2D eigenvalue weighted by molar-refractivity contribution is 7.15. The first-order chi connectivity index (χ1) is 9.69.